The Labute approximate surface area is 70.9 Å². The highest BCUT2D eigenvalue weighted by Crippen LogP contribution is 2.15. The van der Waals surface area contributed by atoms with E-state index in [0.717, 1.165) is 6.54 Å². The van der Waals surface area contributed by atoms with Crippen LogP contribution in [0.15, 0.2) is 11.1 Å². The van der Waals surface area contributed by atoms with Gasteiger partial charge in [-0.2, -0.15) is 0 Å². The number of allylic oxidation sites excluding steroid dienone is 1. The van der Waals surface area contributed by atoms with Gasteiger partial charge in [0.2, 0.25) is 0 Å². The molecule has 0 radical (unpaired) electrons. The molecule has 1 nitrogen and oxygen atoms in total. The fourth-order valence-electron chi connectivity index (χ4n) is 1.27. The summed E-state index contributed by atoms with van der Waals surface area (Å²) < 4.78 is 0. The summed E-state index contributed by atoms with van der Waals surface area (Å²) in [6, 6.07) is 0. The second-order valence-electron chi connectivity index (χ2n) is 3.34. The van der Waals surface area contributed by atoms with Gasteiger partial charge in [0, 0.05) is 6.54 Å². The molecule has 0 aromatic carbocycles. The van der Waals surface area contributed by atoms with E-state index >= 15 is 0 Å². The third kappa shape index (κ3) is 3.57. The first-order valence-electron chi connectivity index (χ1n) is 4.46. The molecule has 0 saturated heterocycles. The van der Waals surface area contributed by atoms with E-state index in [2.05, 4.69) is 33.0 Å². The van der Waals surface area contributed by atoms with Crippen molar-refractivity contribution in [2.75, 3.05) is 13.6 Å². The van der Waals surface area contributed by atoms with Crippen molar-refractivity contribution in [1.82, 2.24) is 5.32 Å². The molecule has 0 aliphatic rings. The lowest BCUT2D eigenvalue weighted by Crippen LogP contribution is -2.15. The normalized spacial score (nSPS) is 13.6. The molecule has 0 aromatic rings. The van der Waals surface area contributed by atoms with E-state index in [1.54, 1.807) is 5.57 Å². The van der Waals surface area contributed by atoms with Crippen LogP contribution in [-0.4, -0.2) is 13.6 Å². The van der Waals surface area contributed by atoms with Gasteiger partial charge in [-0.3, -0.25) is 0 Å². The number of hydrogen-bond donors (Lipinski definition) is 1. The van der Waals surface area contributed by atoms with Crippen molar-refractivity contribution in [2.45, 2.75) is 34.1 Å². The SMILES string of the molecule is CC/C(C)=C(/CNC)C(C)C. The maximum absolute atomic E-state index is 3.21. The van der Waals surface area contributed by atoms with Crippen LogP contribution in [0.25, 0.3) is 0 Å². The first-order valence-corrected chi connectivity index (χ1v) is 4.46. The van der Waals surface area contributed by atoms with Crippen LogP contribution in [0.2, 0.25) is 0 Å². The summed E-state index contributed by atoms with van der Waals surface area (Å²) in [6.07, 6.45) is 1.18. The summed E-state index contributed by atoms with van der Waals surface area (Å²) in [4.78, 5) is 0. The van der Waals surface area contributed by atoms with E-state index in [1.165, 1.54) is 12.0 Å². The Morgan fingerprint density at radius 3 is 2.18 bits per heavy atom. The molecule has 0 bridgehead atoms. The maximum atomic E-state index is 3.21. The fraction of sp³-hybridized carbons (Fsp3) is 0.800. The van der Waals surface area contributed by atoms with Gasteiger partial charge in [-0.05, 0) is 26.3 Å². The predicted octanol–water partition coefficient (Wildman–Crippen LogP) is 2.59. The molecular formula is C10H21N. The van der Waals surface area contributed by atoms with Gasteiger partial charge >= 0.3 is 0 Å². The van der Waals surface area contributed by atoms with Crippen LogP contribution in [0.5, 0.6) is 0 Å². The van der Waals surface area contributed by atoms with Crippen molar-refractivity contribution in [1.29, 1.82) is 0 Å². The van der Waals surface area contributed by atoms with Gasteiger partial charge in [-0.25, -0.2) is 0 Å². The number of nitrogens with one attached hydrogen (secondary N) is 1. The minimum Gasteiger partial charge on any atom is -0.316 e. The predicted molar refractivity (Wildman–Crippen MR) is 51.8 cm³/mol. The molecular weight excluding hydrogens is 134 g/mol. The Morgan fingerprint density at radius 1 is 1.36 bits per heavy atom. The molecule has 0 amide bonds. The average Bonchev–Trinajstić information content (AvgIpc) is 1.98. The molecule has 1 N–H and O–H groups in total. The van der Waals surface area contributed by atoms with Crippen LogP contribution >= 0.6 is 0 Å². The van der Waals surface area contributed by atoms with Crippen molar-refractivity contribution in [3.63, 3.8) is 0 Å². The van der Waals surface area contributed by atoms with Crippen LogP contribution in [0, 0.1) is 5.92 Å². The Morgan fingerprint density at radius 2 is 1.91 bits per heavy atom. The molecule has 66 valence electrons. The Bertz CT molecular complexity index is 134. The molecule has 0 unspecified atom stereocenters. The molecule has 0 aromatic heterocycles. The summed E-state index contributed by atoms with van der Waals surface area (Å²) in [5, 5.41) is 3.21. The molecule has 0 spiro atoms. The monoisotopic (exact) mass is 155 g/mol. The molecule has 0 aliphatic heterocycles. The molecule has 0 atom stereocenters. The third-order valence-electron chi connectivity index (χ3n) is 2.14. The third-order valence-corrected chi connectivity index (χ3v) is 2.14. The van der Waals surface area contributed by atoms with Gasteiger partial charge in [-0.1, -0.05) is 31.9 Å². The molecule has 0 aliphatic carbocycles. The number of rotatable bonds is 4. The van der Waals surface area contributed by atoms with E-state index in [9.17, 15) is 0 Å². The largest absolute Gasteiger partial charge is 0.316 e. The van der Waals surface area contributed by atoms with E-state index in [4.69, 9.17) is 0 Å². The summed E-state index contributed by atoms with van der Waals surface area (Å²) in [7, 11) is 2.01. The van der Waals surface area contributed by atoms with Crippen LogP contribution in [-0.2, 0) is 0 Å². The van der Waals surface area contributed by atoms with Crippen LogP contribution in [0.4, 0.5) is 0 Å². The van der Waals surface area contributed by atoms with E-state index < -0.39 is 0 Å². The highest BCUT2D eigenvalue weighted by molar-refractivity contribution is 5.15. The van der Waals surface area contributed by atoms with Crippen molar-refractivity contribution in [3.8, 4) is 0 Å². The molecule has 0 fully saturated rings. The Balaban J connectivity index is 4.30. The van der Waals surface area contributed by atoms with Crippen molar-refractivity contribution in [3.05, 3.63) is 11.1 Å². The summed E-state index contributed by atoms with van der Waals surface area (Å²) in [6.45, 7) is 10.00. The fourth-order valence-corrected chi connectivity index (χ4v) is 1.27. The van der Waals surface area contributed by atoms with Crippen LogP contribution in [0.1, 0.15) is 34.1 Å². The zero-order chi connectivity index (χ0) is 8.85. The lowest BCUT2D eigenvalue weighted by atomic mass is 9.97. The minimum absolute atomic E-state index is 0.683. The zero-order valence-corrected chi connectivity index (χ0v) is 8.49. The topological polar surface area (TPSA) is 12.0 Å². The number of hydrogen-bond acceptors (Lipinski definition) is 1. The van der Waals surface area contributed by atoms with Gasteiger partial charge in [0.25, 0.3) is 0 Å². The van der Waals surface area contributed by atoms with Gasteiger partial charge in [0.05, 0.1) is 0 Å². The van der Waals surface area contributed by atoms with Gasteiger partial charge in [0.1, 0.15) is 0 Å². The first kappa shape index (κ1) is 10.7. The molecule has 0 saturated carbocycles. The Kier molecular flexibility index (Phi) is 5.22. The average molecular weight is 155 g/mol. The van der Waals surface area contributed by atoms with E-state index in [1.807, 2.05) is 7.05 Å². The second-order valence-corrected chi connectivity index (χ2v) is 3.34. The summed E-state index contributed by atoms with van der Waals surface area (Å²) in [5.74, 6) is 0.683. The molecule has 0 rings (SSSR count). The second kappa shape index (κ2) is 5.36. The standard InChI is InChI=1S/C10H21N/c1-6-9(4)10(7-11-5)8(2)3/h8,11H,6-7H2,1-5H3/b10-9-. The quantitative estimate of drug-likeness (QED) is 0.615. The summed E-state index contributed by atoms with van der Waals surface area (Å²) >= 11 is 0. The van der Waals surface area contributed by atoms with Gasteiger partial charge < -0.3 is 5.32 Å². The Hall–Kier alpha value is -0.300. The van der Waals surface area contributed by atoms with Crippen LogP contribution in [0.3, 0.4) is 0 Å². The zero-order valence-electron chi connectivity index (χ0n) is 8.49. The van der Waals surface area contributed by atoms with E-state index in [0.29, 0.717) is 5.92 Å². The lowest BCUT2D eigenvalue weighted by Gasteiger charge is -2.14. The van der Waals surface area contributed by atoms with E-state index in [-0.39, 0.29) is 0 Å². The highest BCUT2D eigenvalue weighted by Gasteiger charge is 2.04. The smallest absolute Gasteiger partial charge is 0.0166 e. The van der Waals surface area contributed by atoms with Crippen molar-refractivity contribution in [2.24, 2.45) is 5.92 Å². The molecule has 0 heterocycles. The maximum Gasteiger partial charge on any atom is 0.0166 e. The van der Waals surface area contributed by atoms with Gasteiger partial charge in [0.15, 0.2) is 0 Å². The van der Waals surface area contributed by atoms with Crippen molar-refractivity contribution >= 4 is 0 Å². The highest BCUT2D eigenvalue weighted by atomic mass is 14.8. The first-order chi connectivity index (χ1) is 5.13. The number of likely N-dealkylation sites (N-methyl/N-ethyl adjacent to an activating group) is 1. The minimum atomic E-state index is 0.683. The molecule has 1 heteroatoms. The van der Waals surface area contributed by atoms with Gasteiger partial charge in [-0.15, -0.1) is 0 Å². The van der Waals surface area contributed by atoms with Crippen LogP contribution < -0.4 is 5.32 Å². The summed E-state index contributed by atoms with van der Waals surface area (Å²) in [5.41, 5.74) is 3.10. The molecule has 11 heavy (non-hydrogen) atoms. The van der Waals surface area contributed by atoms with Crippen molar-refractivity contribution < 1.29 is 0 Å². The lowest BCUT2D eigenvalue weighted by molar-refractivity contribution is 0.688.